The van der Waals surface area contributed by atoms with Gasteiger partial charge in [-0.1, -0.05) is 11.6 Å². The number of ketones is 1. The molecule has 11 heavy (non-hydrogen) atoms. The minimum Gasteiger partial charge on any atom is -0.300 e. The van der Waals surface area contributed by atoms with Gasteiger partial charge in [-0.3, -0.25) is 4.79 Å². The van der Waals surface area contributed by atoms with E-state index in [2.05, 4.69) is 13.0 Å². The van der Waals surface area contributed by atoms with Gasteiger partial charge in [-0.25, -0.2) is 0 Å². The molecule has 60 valence electrons. The van der Waals surface area contributed by atoms with Crippen LogP contribution in [0.5, 0.6) is 0 Å². The monoisotopic (exact) mass is 150 g/mol. The largest absolute Gasteiger partial charge is 0.300 e. The van der Waals surface area contributed by atoms with E-state index in [9.17, 15) is 4.79 Å². The summed E-state index contributed by atoms with van der Waals surface area (Å²) >= 11 is 0. The third-order valence-corrected chi connectivity index (χ3v) is 3.26. The Kier molecular flexibility index (Phi) is 1.41. The van der Waals surface area contributed by atoms with Crippen LogP contribution in [0.1, 0.15) is 26.7 Å². The lowest BCUT2D eigenvalue weighted by molar-refractivity contribution is -0.121. The van der Waals surface area contributed by atoms with Crippen molar-refractivity contribution in [3.63, 3.8) is 0 Å². The topological polar surface area (TPSA) is 17.1 Å². The summed E-state index contributed by atoms with van der Waals surface area (Å²) in [4.78, 5) is 11.1. The molecule has 1 fully saturated rings. The highest BCUT2D eigenvalue weighted by molar-refractivity contribution is 5.79. The first-order chi connectivity index (χ1) is 5.18. The number of carbonyl (C=O) groups excluding carboxylic acids is 1. The molecule has 1 saturated carbocycles. The van der Waals surface area contributed by atoms with Crippen molar-refractivity contribution < 1.29 is 4.79 Å². The van der Waals surface area contributed by atoms with Crippen molar-refractivity contribution in [3.05, 3.63) is 11.6 Å². The normalized spacial score (nSPS) is 40.9. The lowest BCUT2D eigenvalue weighted by Crippen LogP contribution is -2.16. The predicted octanol–water partition coefficient (Wildman–Crippen LogP) is 2.18. The molecule has 2 aliphatic carbocycles. The summed E-state index contributed by atoms with van der Waals surface area (Å²) in [6.07, 6.45) is 4.68. The summed E-state index contributed by atoms with van der Waals surface area (Å²) in [6.45, 7) is 3.93. The zero-order valence-electron chi connectivity index (χ0n) is 7.13. The second-order valence-electron chi connectivity index (χ2n) is 3.96. The second-order valence-corrected chi connectivity index (χ2v) is 3.96. The molecule has 0 heterocycles. The summed E-state index contributed by atoms with van der Waals surface area (Å²) in [5.74, 6) is 2.09. The van der Waals surface area contributed by atoms with Crippen LogP contribution in [0.2, 0.25) is 0 Å². The van der Waals surface area contributed by atoms with Crippen molar-refractivity contribution in [2.24, 2.45) is 17.8 Å². The van der Waals surface area contributed by atoms with Crippen LogP contribution in [0.4, 0.5) is 0 Å². The van der Waals surface area contributed by atoms with Gasteiger partial charge in [0.1, 0.15) is 5.78 Å². The Bertz CT molecular complexity index is 227. The number of allylic oxidation sites excluding steroid dienone is 2. The molecule has 0 unspecified atom stereocenters. The Morgan fingerprint density at radius 1 is 1.55 bits per heavy atom. The highest BCUT2D eigenvalue weighted by Gasteiger charge is 2.40. The van der Waals surface area contributed by atoms with E-state index in [0.29, 0.717) is 17.6 Å². The minimum atomic E-state index is 0.365. The van der Waals surface area contributed by atoms with Crippen LogP contribution in [0, 0.1) is 17.8 Å². The average molecular weight is 150 g/mol. The van der Waals surface area contributed by atoms with Gasteiger partial charge in [0.05, 0.1) is 0 Å². The maximum atomic E-state index is 11.1. The molecule has 0 radical (unpaired) electrons. The van der Waals surface area contributed by atoms with Crippen LogP contribution in [-0.2, 0) is 4.79 Å². The zero-order valence-corrected chi connectivity index (χ0v) is 7.13. The Balaban J connectivity index is 2.19. The van der Waals surface area contributed by atoms with Gasteiger partial charge < -0.3 is 0 Å². The number of hydrogen-bond acceptors (Lipinski definition) is 1. The van der Waals surface area contributed by atoms with E-state index >= 15 is 0 Å². The molecule has 1 heteroatoms. The molecule has 2 aliphatic rings. The van der Waals surface area contributed by atoms with Crippen LogP contribution >= 0.6 is 0 Å². The van der Waals surface area contributed by atoms with Crippen LogP contribution in [0.15, 0.2) is 11.6 Å². The maximum absolute atomic E-state index is 11.1. The Morgan fingerprint density at radius 2 is 2.27 bits per heavy atom. The molecule has 0 saturated heterocycles. The minimum absolute atomic E-state index is 0.365. The van der Waals surface area contributed by atoms with Crippen LogP contribution in [0.3, 0.4) is 0 Å². The maximum Gasteiger partial charge on any atom is 0.133 e. The molecule has 2 rings (SSSR count). The van der Waals surface area contributed by atoms with E-state index in [1.807, 2.05) is 0 Å². The molecular formula is C10H14O. The van der Waals surface area contributed by atoms with E-state index in [-0.39, 0.29) is 0 Å². The van der Waals surface area contributed by atoms with Crippen LogP contribution < -0.4 is 0 Å². The first-order valence-corrected chi connectivity index (χ1v) is 4.37. The van der Waals surface area contributed by atoms with Crippen LogP contribution in [-0.4, -0.2) is 5.78 Å². The SMILES string of the molecule is CC(=O)[C@@H]1C[C@H]2C[C@@H]1C=C2C. The molecule has 0 spiro atoms. The molecule has 0 amide bonds. The van der Waals surface area contributed by atoms with Gasteiger partial charge >= 0.3 is 0 Å². The molecule has 0 aromatic heterocycles. The van der Waals surface area contributed by atoms with Gasteiger partial charge in [0.25, 0.3) is 0 Å². The lowest BCUT2D eigenvalue weighted by Gasteiger charge is -2.16. The molecule has 2 bridgehead atoms. The summed E-state index contributed by atoms with van der Waals surface area (Å²) in [5, 5.41) is 0. The van der Waals surface area contributed by atoms with Gasteiger partial charge in [0, 0.05) is 5.92 Å². The Morgan fingerprint density at radius 3 is 2.64 bits per heavy atom. The smallest absolute Gasteiger partial charge is 0.133 e. The van der Waals surface area contributed by atoms with Gasteiger partial charge in [0.2, 0.25) is 0 Å². The summed E-state index contributed by atoms with van der Waals surface area (Å²) < 4.78 is 0. The number of carbonyl (C=O) groups is 1. The van der Waals surface area contributed by atoms with Crippen molar-refractivity contribution >= 4 is 5.78 Å². The standard InChI is InChI=1S/C10H14O/c1-6-3-9-4-8(6)5-10(9)7(2)11/h3,8-10H,4-5H2,1-2H3/t8-,9+,10+/m1/s1. The summed E-state index contributed by atoms with van der Waals surface area (Å²) in [7, 11) is 0. The van der Waals surface area contributed by atoms with Crippen LogP contribution in [0.25, 0.3) is 0 Å². The Labute approximate surface area is 67.5 Å². The first kappa shape index (κ1) is 7.08. The molecule has 3 atom stereocenters. The highest BCUT2D eigenvalue weighted by atomic mass is 16.1. The van der Waals surface area contributed by atoms with E-state index in [1.165, 1.54) is 12.0 Å². The van der Waals surface area contributed by atoms with Gasteiger partial charge in [-0.15, -0.1) is 0 Å². The highest BCUT2D eigenvalue weighted by Crippen LogP contribution is 2.47. The fourth-order valence-corrected chi connectivity index (χ4v) is 2.57. The third-order valence-electron chi connectivity index (χ3n) is 3.26. The number of fused-ring (bicyclic) bond motifs is 2. The summed E-state index contributed by atoms with van der Waals surface area (Å²) in [6, 6.07) is 0. The molecule has 0 aliphatic heterocycles. The first-order valence-electron chi connectivity index (χ1n) is 4.37. The van der Waals surface area contributed by atoms with E-state index in [0.717, 1.165) is 12.3 Å². The number of Topliss-reactive ketones (excluding diaryl/α,β-unsaturated/α-hetero) is 1. The fraction of sp³-hybridized carbons (Fsp3) is 0.700. The molecule has 0 aromatic rings. The third kappa shape index (κ3) is 0.943. The van der Waals surface area contributed by atoms with E-state index in [4.69, 9.17) is 0 Å². The average Bonchev–Trinajstić information content (AvgIpc) is 2.43. The van der Waals surface area contributed by atoms with Crippen molar-refractivity contribution in [1.29, 1.82) is 0 Å². The fourth-order valence-electron chi connectivity index (χ4n) is 2.57. The second kappa shape index (κ2) is 2.20. The molecule has 0 aromatic carbocycles. The number of hydrogen-bond donors (Lipinski definition) is 0. The van der Waals surface area contributed by atoms with Crippen molar-refractivity contribution in [3.8, 4) is 0 Å². The lowest BCUT2D eigenvalue weighted by atomic mass is 9.88. The zero-order chi connectivity index (χ0) is 8.01. The van der Waals surface area contributed by atoms with E-state index < -0.39 is 0 Å². The number of rotatable bonds is 1. The van der Waals surface area contributed by atoms with E-state index in [1.54, 1.807) is 6.92 Å². The van der Waals surface area contributed by atoms with Gasteiger partial charge in [-0.2, -0.15) is 0 Å². The molecular weight excluding hydrogens is 136 g/mol. The molecule has 0 N–H and O–H groups in total. The molecule has 1 nitrogen and oxygen atoms in total. The van der Waals surface area contributed by atoms with Crippen molar-refractivity contribution in [1.82, 2.24) is 0 Å². The quantitative estimate of drug-likeness (QED) is 0.523. The Hall–Kier alpha value is -0.590. The predicted molar refractivity (Wildman–Crippen MR) is 44.1 cm³/mol. The van der Waals surface area contributed by atoms with Gasteiger partial charge in [-0.05, 0) is 38.5 Å². The van der Waals surface area contributed by atoms with Crippen molar-refractivity contribution in [2.45, 2.75) is 26.7 Å². The van der Waals surface area contributed by atoms with Crippen molar-refractivity contribution in [2.75, 3.05) is 0 Å². The summed E-state index contributed by atoms with van der Waals surface area (Å²) in [5.41, 5.74) is 1.52. The van der Waals surface area contributed by atoms with Gasteiger partial charge in [0.15, 0.2) is 0 Å².